The van der Waals surface area contributed by atoms with Gasteiger partial charge in [-0.3, -0.25) is 4.79 Å². The predicted octanol–water partition coefficient (Wildman–Crippen LogP) is 2.61. The summed E-state index contributed by atoms with van der Waals surface area (Å²) in [5.74, 6) is 0.0981. The molecule has 190 valence electrons. The molecule has 9 nitrogen and oxygen atoms in total. The van der Waals surface area contributed by atoms with E-state index in [2.05, 4.69) is 19.0 Å². The molecule has 7 atom stereocenters. The first-order chi connectivity index (χ1) is 16.0. The van der Waals surface area contributed by atoms with Crippen LogP contribution in [0.2, 0.25) is 0 Å². The minimum Gasteiger partial charge on any atom is -0.478 e. The van der Waals surface area contributed by atoms with Gasteiger partial charge in [0, 0.05) is 30.5 Å². The molecule has 0 aliphatic heterocycles. The van der Waals surface area contributed by atoms with Crippen molar-refractivity contribution in [3.63, 3.8) is 0 Å². The number of nitrogens with zero attached hydrogens (tertiary/aromatic N) is 1. The number of carboxylic acid groups (broad SMARTS) is 2. The van der Waals surface area contributed by atoms with Crippen LogP contribution in [0.25, 0.3) is 0 Å². The van der Waals surface area contributed by atoms with Crippen molar-refractivity contribution < 1.29 is 34.5 Å². The number of aliphatic carboxylic acids is 2. The smallest absolute Gasteiger partial charge is 0.328 e. The van der Waals surface area contributed by atoms with Gasteiger partial charge in [0.1, 0.15) is 12.4 Å². The fourth-order valence-electron chi connectivity index (χ4n) is 7.35. The van der Waals surface area contributed by atoms with E-state index in [1.165, 1.54) is 0 Å². The van der Waals surface area contributed by atoms with E-state index < -0.39 is 18.0 Å². The molecule has 34 heavy (non-hydrogen) atoms. The fourth-order valence-corrected chi connectivity index (χ4v) is 7.35. The summed E-state index contributed by atoms with van der Waals surface area (Å²) in [6.07, 6.45) is 8.72. The summed E-state index contributed by atoms with van der Waals surface area (Å²) in [7, 11) is 0. The summed E-state index contributed by atoms with van der Waals surface area (Å²) in [6, 6.07) is 0. The van der Waals surface area contributed by atoms with Crippen molar-refractivity contribution in [2.45, 2.75) is 71.3 Å². The van der Waals surface area contributed by atoms with E-state index in [-0.39, 0.29) is 16.7 Å². The first-order valence-corrected chi connectivity index (χ1v) is 12.3. The Morgan fingerprint density at radius 1 is 1.03 bits per heavy atom. The van der Waals surface area contributed by atoms with Gasteiger partial charge in [0.05, 0.1) is 11.8 Å². The predicted molar refractivity (Wildman–Crippen MR) is 125 cm³/mol. The van der Waals surface area contributed by atoms with Crippen molar-refractivity contribution in [1.29, 1.82) is 0 Å². The summed E-state index contributed by atoms with van der Waals surface area (Å²) in [6.45, 7) is 5.47. The Morgan fingerprint density at radius 2 is 1.71 bits per heavy atom. The van der Waals surface area contributed by atoms with Gasteiger partial charge in [-0.15, -0.1) is 0 Å². The van der Waals surface area contributed by atoms with E-state index in [1.807, 2.05) is 0 Å². The number of nitrogens with two attached hydrogens (primary N) is 1. The molecule has 0 bridgehead atoms. The molecular weight excluding hydrogens is 440 g/mol. The van der Waals surface area contributed by atoms with Gasteiger partial charge in [0.25, 0.3) is 0 Å². The van der Waals surface area contributed by atoms with E-state index in [1.54, 1.807) is 0 Å². The van der Waals surface area contributed by atoms with E-state index in [4.69, 9.17) is 20.8 Å². The first kappa shape index (κ1) is 26.3. The van der Waals surface area contributed by atoms with Gasteiger partial charge in [0.15, 0.2) is 0 Å². The highest BCUT2D eigenvalue weighted by Gasteiger charge is 2.61. The maximum atomic E-state index is 12.5. The Hall–Kier alpha value is -2.26. The molecule has 5 N–H and O–H groups in total. The lowest BCUT2D eigenvalue weighted by Gasteiger charge is -2.60. The number of aliphatic hydroxyl groups is 1. The SMILES string of the molecule is C[C@]12CC/C(=N\OCCN)[C@@H](O)C1CC[C@@H]1[C@@H]2CC[C@]2(C)C(=O)CC[C@@H]12.O=C(O)/C=C/C(=O)O. The van der Waals surface area contributed by atoms with Gasteiger partial charge >= 0.3 is 11.9 Å². The normalized spacial score (nSPS) is 40.1. The van der Waals surface area contributed by atoms with Gasteiger partial charge in [0.2, 0.25) is 0 Å². The minimum absolute atomic E-state index is 0.0691. The van der Waals surface area contributed by atoms with Gasteiger partial charge < -0.3 is 25.9 Å². The number of oxime groups is 1. The van der Waals surface area contributed by atoms with Gasteiger partial charge in [-0.25, -0.2) is 9.59 Å². The average Bonchev–Trinajstić information content (AvgIpc) is 3.09. The number of Topliss-reactive ketones (excluding diaryl/α,β-unsaturated/α-hetero) is 1. The Bertz CT molecular complexity index is 840. The molecule has 0 amide bonds. The number of ketones is 1. The van der Waals surface area contributed by atoms with E-state index in [0.717, 1.165) is 57.1 Å². The van der Waals surface area contributed by atoms with Crippen LogP contribution in [0.15, 0.2) is 17.3 Å². The third kappa shape index (κ3) is 5.05. The average molecular weight is 479 g/mol. The van der Waals surface area contributed by atoms with Crippen LogP contribution in [-0.4, -0.2) is 58.0 Å². The molecular formula is C25H38N2O7. The highest BCUT2D eigenvalue weighted by atomic mass is 16.6. The lowest BCUT2D eigenvalue weighted by atomic mass is 9.45. The third-order valence-electron chi connectivity index (χ3n) is 9.05. The molecule has 0 aromatic heterocycles. The summed E-state index contributed by atoms with van der Waals surface area (Å²) in [5, 5.41) is 30.8. The largest absolute Gasteiger partial charge is 0.478 e. The maximum absolute atomic E-state index is 12.5. The molecule has 9 heteroatoms. The van der Waals surface area contributed by atoms with Gasteiger partial charge in [-0.1, -0.05) is 19.0 Å². The second kappa shape index (κ2) is 10.6. The van der Waals surface area contributed by atoms with Gasteiger partial charge in [-0.05, 0) is 74.0 Å². The molecule has 4 rings (SSSR count). The third-order valence-corrected chi connectivity index (χ3v) is 9.05. The van der Waals surface area contributed by atoms with Crippen LogP contribution in [0.5, 0.6) is 0 Å². The Morgan fingerprint density at radius 3 is 2.32 bits per heavy atom. The molecule has 4 saturated carbocycles. The lowest BCUT2D eigenvalue weighted by molar-refractivity contribution is -0.141. The highest BCUT2D eigenvalue weighted by molar-refractivity contribution is 5.90. The summed E-state index contributed by atoms with van der Waals surface area (Å²) in [4.78, 5) is 36.9. The molecule has 4 aliphatic carbocycles. The Balaban J connectivity index is 0.000000350. The van der Waals surface area contributed by atoms with Crippen LogP contribution < -0.4 is 5.73 Å². The number of aliphatic hydroxyl groups excluding tert-OH is 1. The van der Waals surface area contributed by atoms with Crippen molar-refractivity contribution in [2.24, 2.45) is 45.4 Å². The van der Waals surface area contributed by atoms with Crippen molar-refractivity contribution in [3.8, 4) is 0 Å². The Kier molecular flexibility index (Phi) is 8.18. The number of fused-ring (bicyclic) bond motifs is 5. The zero-order valence-electron chi connectivity index (χ0n) is 20.1. The highest BCUT2D eigenvalue weighted by Crippen LogP contribution is 2.65. The molecule has 0 aromatic rings. The van der Waals surface area contributed by atoms with Crippen LogP contribution in [-0.2, 0) is 19.2 Å². The molecule has 4 fully saturated rings. The maximum Gasteiger partial charge on any atom is 0.328 e. The van der Waals surface area contributed by atoms with Crippen LogP contribution in [0.4, 0.5) is 0 Å². The van der Waals surface area contributed by atoms with E-state index >= 15 is 0 Å². The second-order valence-electron chi connectivity index (χ2n) is 10.6. The number of carbonyl (C=O) groups is 3. The fraction of sp³-hybridized carbons (Fsp3) is 0.760. The molecule has 0 spiro atoms. The number of hydrogen-bond donors (Lipinski definition) is 4. The lowest BCUT2D eigenvalue weighted by Crippen LogP contribution is -2.57. The zero-order valence-corrected chi connectivity index (χ0v) is 20.1. The molecule has 1 unspecified atom stereocenters. The second-order valence-corrected chi connectivity index (χ2v) is 10.6. The number of hydrogen-bond acceptors (Lipinski definition) is 7. The van der Waals surface area contributed by atoms with Crippen molar-refractivity contribution in [3.05, 3.63) is 12.2 Å². The summed E-state index contributed by atoms with van der Waals surface area (Å²) >= 11 is 0. The van der Waals surface area contributed by atoms with Crippen molar-refractivity contribution >= 4 is 23.4 Å². The molecule has 0 radical (unpaired) electrons. The molecule has 0 heterocycles. The Labute approximate surface area is 200 Å². The molecule has 0 saturated heterocycles. The first-order valence-electron chi connectivity index (χ1n) is 12.3. The standard InChI is InChI=1S/C21H34N2O3.C4H4O4/c1-20-10-8-17(23-26-12-11-22)19(25)16(20)4-3-13-14-5-6-18(24)21(14,2)9-7-15(13)20;5-3(6)1-2-4(7)8/h13-16,19,25H,3-12,22H2,1-2H3;1-2H,(H,5,6)(H,7,8)/b23-17+;2-1+/t13-,14-,15-,16?,19-,20+,21-;/m0./s1. The zero-order chi connectivity index (χ0) is 25.1. The monoisotopic (exact) mass is 478 g/mol. The number of rotatable bonds is 5. The van der Waals surface area contributed by atoms with Gasteiger partial charge in [-0.2, -0.15) is 0 Å². The molecule has 0 aromatic carbocycles. The quantitative estimate of drug-likeness (QED) is 0.266. The van der Waals surface area contributed by atoms with Crippen LogP contribution in [0.1, 0.15) is 65.2 Å². The van der Waals surface area contributed by atoms with E-state index in [9.17, 15) is 19.5 Å². The van der Waals surface area contributed by atoms with Crippen LogP contribution in [0, 0.1) is 34.5 Å². The van der Waals surface area contributed by atoms with Crippen molar-refractivity contribution in [1.82, 2.24) is 0 Å². The van der Waals surface area contributed by atoms with Crippen LogP contribution >= 0.6 is 0 Å². The molecule has 4 aliphatic rings. The topological polar surface area (TPSA) is 160 Å². The van der Waals surface area contributed by atoms with E-state index in [0.29, 0.717) is 48.8 Å². The summed E-state index contributed by atoms with van der Waals surface area (Å²) in [5.41, 5.74) is 6.35. The van der Waals surface area contributed by atoms with Crippen LogP contribution in [0.3, 0.4) is 0 Å². The minimum atomic E-state index is -1.26. The summed E-state index contributed by atoms with van der Waals surface area (Å²) < 4.78 is 0. The number of carboxylic acids is 2. The van der Waals surface area contributed by atoms with Crippen molar-refractivity contribution in [2.75, 3.05) is 13.2 Å². The number of carbonyl (C=O) groups excluding carboxylic acids is 1.